The second-order valence-electron chi connectivity index (χ2n) is 13.6. The molecule has 8 atom stereocenters. The molecule has 2 heterocycles. The first-order valence-electron chi connectivity index (χ1n) is 16.7. The van der Waals surface area contributed by atoms with Crippen molar-refractivity contribution in [3.63, 3.8) is 0 Å². The molecule has 7 rings (SSSR count). The molecule has 0 spiro atoms. The maximum Gasteiger partial charge on any atom is 0.199 e. The van der Waals surface area contributed by atoms with Crippen molar-refractivity contribution in [2.75, 3.05) is 26.4 Å². The highest BCUT2D eigenvalue weighted by Gasteiger charge is 2.59. The molecule has 2 unspecified atom stereocenters. The molecule has 0 aromatic heterocycles. The highest BCUT2D eigenvalue weighted by molar-refractivity contribution is 5.44. The first-order valence-corrected chi connectivity index (χ1v) is 16.7. The lowest BCUT2D eigenvalue weighted by Gasteiger charge is -2.54. The third kappa shape index (κ3) is 5.60. The average molecular weight is 576 g/mol. The highest BCUT2D eigenvalue weighted by Crippen LogP contribution is 2.65. The molecule has 6 heteroatoms. The zero-order valence-corrected chi connectivity index (χ0v) is 25.3. The van der Waals surface area contributed by atoms with Crippen molar-refractivity contribution in [3.8, 4) is 11.5 Å². The van der Waals surface area contributed by atoms with Gasteiger partial charge in [-0.3, -0.25) is 0 Å². The molecule has 0 bridgehead atoms. The predicted molar refractivity (Wildman–Crippen MR) is 163 cm³/mol. The summed E-state index contributed by atoms with van der Waals surface area (Å²) < 4.78 is 30.9. The number of rotatable bonds is 8. The highest BCUT2D eigenvalue weighted by atomic mass is 16.7. The zero-order valence-electron chi connectivity index (χ0n) is 25.3. The van der Waals surface area contributed by atoms with Gasteiger partial charge in [0.1, 0.15) is 18.1 Å². The minimum Gasteiger partial charge on any atom is -0.492 e. The number of hydrogen-bond acceptors (Lipinski definition) is 6. The maximum absolute atomic E-state index is 6.83. The van der Waals surface area contributed by atoms with Gasteiger partial charge < -0.3 is 29.4 Å². The molecule has 4 fully saturated rings. The predicted octanol–water partition coefficient (Wildman–Crippen LogP) is 7.09. The number of hydrogen-bond donors (Lipinski definition) is 1. The Bertz CT molecular complexity index is 1190. The van der Waals surface area contributed by atoms with E-state index in [1.807, 2.05) is 0 Å². The summed E-state index contributed by atoms with van der Waals surface area (Å²) in [5.41, 5.74) is 10.2. The van der Waals surface area contributed by atoms with E-state index in [4.69, 9.17) is 29.4 Å². The molecule has 2 saturated carbocycles. The van der Waals surface area contributed by atoms with E-state index >= 15 is 0 Å². The first kappa shape index (κ1) is 28.6. The maximum atomic E-state index is 6.83. The van der Waals surface area contributed by atoms with Gasteiger partial charge in [-0.2, -0.15) is 0 Å². The second-order valence-corrected chi connectivity index (χ2v) is 13.6. The fraction of sp³-hybridized carbons (Fsp3) is 0.667. The van der Waals surface area contributed by atoms with Crippen LogP contribution in [0.5, 0.6) is 11.5 Å². The van der Waals surface area contributed by atoms with Crippen molar-refractivity contribution in [2.45, 2.75) is 108 Å². The Kier molecular flexibility index (Phi) is 8.50. The van der Waals surface area contributed by atoms with Crippen LogP contribution >= 0.6 is 0 Å². The van der Waals surface area contributed by atoms with Gasteiger partial charge in [-0.1, -0.05) is 25.1 Å². The standard InChI is InChI=1S/C36H49NO5/c1-36-23-30(24-8-11-26(12-9-24)38-21-18-37)35-28-15-13-27(41-33-6-2-4-19-39-33)22-25(28)10-14-29(35)31(36)16-17-32(36)42-34-7-3-5-20-40-34/h8-9,11-13,15,22,29-35H,2-7,10,14,16-21,23,37H2,1H3/t29-,30+,31-,32-,33?,34?,35+,36-/m0/s1. The molecule has 3 aliphatic carbocycles. The Morgan fingerprint density at radius 1 is 0.857 bits per heavy atom. The minimum absolute atomic E-state index is 0.0341. The minimum atomic E-state index is -0.111. The molecule has 2 saturated heterocycles. The van der Waals surface area contributed by atoms with E-state index in [-0.39, 0.29) is 24.1 Å². The van der Waals surface area contributed by atoms with Gasteiger partial charge in [-0.25, -0.2) is 0 Å². The third-order valence-corrected chi connectivity index (χ3v) is 11.2. The molecule has 228 valence electrons. The van der Waals surface area contributed by atoms with E-state index in [1.165, 1.54) is 42.4 Å². The molecular formula is C36H49NO5. The topological polar surface area (TPSA) is 72.2 Å². The molecule has 6 nitrogen and oxygen atoms in total. The van der Waals surface area contributed by atoms with Crippen LogP contribution in [0.25, 0.3) is 0 Å². The van der Waals surface area contributed by atoms with Crippen LogP contribution in [0.15, 0.2) is 42.5 Å². The summed E-state index contributed by atoms with van der Waals surface area (Å²) in [6.07, 6.45) is 12.7. The Morgan fingerprint density at radius 2 is 1.62 bits per heavy atom. The lowest BCUT2D eigenvalue weighted by Crippen LogP contribution is -2.48. The molecule has 2 aliphatic heterocycles. The van der Waals surface area contributed by atoms with Crippen molar-refractivity contribution in [3.05, 3.63) is 59.2 Å². The van der Waals surface area contributed by atoms with Crippen LogP contribution in [0.2, 0.25) is 0 Å². The quantitative estimate of drug-likeness (QED) is 0.362. The van der Waals surface area contributed by atoms with Gasteiger partial charge in [-0.05, 0) is 134 Å². The summed E-state index contributed by atoms with van der Waals surface area (Å²) in [5, 5.41) is 0. The van der Waals surface area contributed by atoms with Gasteiger partial charge in [0.05, 0.1) is 12.7 Å². The fourth-order valence-electron chi connectivity index (χ4n) is 9.21. The molecule has 5 aliphatic rings. The van der Waals surface area contributed by atoms with E-state index in [0.29, 0.717) is 36.8 Å². The molecule has 2 aromatic carbocycles. The summed E-state index contributed by atoms with van der Waals surface area (Å²) in [6, 6.07) is 15.8. The van der Waals surface area contributed by atoms with E-state index in [2.05, 4.69) is 49.4 Å². The Morgan fingerprint density at radius 3 is 2.36 bits per heavy atom. The number of aryl methyl sites for hydroxylation is 1. The second kappa shape index (κ2) is 12.5. The van der Waals surface area contributed by atoms with Crippen molar-refractivity contribution in [1.82, 2.24) is 0 Å². The van der Waals surface area contributed by atoms with E-state index in [1.54, 1.807) is 0 Å². The molecular weight excluding hydrogens is 526 g/mol. The molecule has 2 aromatic rings. The normalized spacial score (nSPS) is 36.0. The van der Waals surface area contributed by atoms with Crippen LogP contribution in [0.4, 0.5) is 0 Å². The van der Waals surface area contributed by atoms with Gasteiger partial charge in [0, 0.05) is 19.6 Å². The lowest BCUT2D eigenvalue weighted by molar-refractivity contribution is -0.213. The van der Waals surface area contributed by atoms with Crippen LogP contribution in [-0.2, 0) is 20.6 Å². The van der Waals surface area contributed by atoms with Gasteiger partial charge in [0.25, 0.3) is 0 Å². The Labute approximate surface area is 251 Å². The van der Waals surface area contributed by atoms with Crippen molar-refractivity contribution in [2.24, 2.45) is 23.0 Å². The molecule has 0 amide bonds. The fourth-order valence-corrected chi connectivity index (χ4v) is 9.21. The van der Waals surface area contributed by atoms with E-state index in [9.17, 15) is 0 Å². The van der Waals surface area contributed by atoms with Crippen LogP contribution in [0.3, 0.4) is 0 Å². The number of benzene rings is 2. The van der Waals surface area contributed by atoms with Gasteiger partial charge in [0.2, 0.25) is 0 Å². The van der Waals surface area contributed by atoms with E-state index < -0.39 is 0 Å². The van der Waals surface area contributed by atoms with Gasteiger partial charge >= 0.3 is 0 Å². The van der Waals surface area contributed by atoms with Crippen molar-refractivity contribution < 1.29 is 23.7 Å². The molecule has 42 heavy (non-hydrogen) atoms. The lowest BCUT2D eigenvalue weighted by atomic mass is 9.51. The smallest absolute Gasteiger partial charge is 0.199 e. The average Bonchev–Trinajstić information content (AvgIpc) is 3.36. The Balaban J connectivity index is 1.19. The van der Waals surface area contributed by atoms with Crippen LogP contribution in [0.1, 0.15) is 99.7 Å². The first-order chi connectivity index (χ1) is 20.6. The summed E-state index contributed by atoms with van der Waals surface area (Å²) in [7, 11) is 0. The van der Waals surface area contributed by atoms with Crippen molar-refractivity contribution in [1.29, 1.82) is 0 Å². The number of fused-ring (bicyclic) bond motifs is 5. The Hall–Kier alpha value is -2.12. The third-order valence-electron chi connectivity index (χ3n) is 11.2. The summed E-state index contributed by atoms with van der Waals surface area (Å²) in [6.45, 7) is 5.23. The van der Waals surface area contributed by atoms with Crippen LogP contribution in [-0.4, -0.2) is 45.0 Å². The van der Waals surface area contributed by atoms with Crippen LogP contribution in [0, 0.1) is 17.3 Å². The SMILES string of the molecule is C[C@]12C[C@H](c3ccc(OCCN)cc3)[C@@H]3c4ccc(OC5CCCCO5)cc4CC[C@H]3[C@@H]1CC[C@@H]2OC1CCCCO1. The van der Waals surface area contributed by atoms with Gasteiger partial charge in [-0.15, -0.1) is 0 Å². The number of nitrogens with two attached hydrogens (primary N) is 1. The van der Waals surface area contributed by atoms with Crippen molar-refractivity contribution >= 4 is 0 Å². The number of ether oxygens (including phenoxy) is 5. The largest absolute Gasteiger partial charge is 0.492 e. The van der Waals surface area contributed by atoms with E-state index in [0.717, 1.165) is 69.7 Å². The van der Waals surface area contributed by atoms with Gasteiger partial charge in [0.15, 0.2) is 12.6 Å². The molecule has 2 N–H and O–H groups in total. The summed E-state index contributed by atoms with van der Waals surface area (Å²) in [4.78, 5) is 0. The summed E-state index contributed by atoms with van der Waals surface area (Å²) >= 11 is 0. The molecule has 0 radical (unpaired) electrons. The summed E-state index contributed by atoms with van der Waals surface area (Å²) in [5.74, 6) is 4.08. The monoisotopic (exact) mass is 575 g/mol. The zero-order chi connectivity index (χ0) is 28.5. The van der Waals surface area contributed by atoms with Crippen LogP contribution < -0.4 is 15.2 Å².